The number of methoxy groups -OCH3 is 2. The van der Waals surface area contributed by atoms with Gasteiger partial charge in [0, 0.05) is 56.8 Å². The fraction of sp³-hybridized carbons (Fsp3) is 0.619. The van der Waals surface area contributed by atoms with Crippen molar-refractivity contribution in [3.8, 4) is 11.5 Å². The topological polar surface area (TPSA) is 71.1 Å². The Balaban J connectivity index is 1.48. The normalized spacial score (nSPS) is 19.6. The molecule has 0 aliphatic carbocycles. The largest absolute Gasteiger partial charge is 0.493 e. The van der Waals surface area contributed by atoms with E-state index < -0.39 is 0 Å². The molecule has 2 saturated heterocycles. The molecule has 1 N–H and O–H groups in total. The molecule has 7 heteroatoms. The summed E-state index contributed by atoms with van der Waals surface area (Å²) >= 11 is 0. The van der Waals surface area contributed by atoms with Crippen LogP contribution in [0.25, 0.3) is 0 Å². The number of amides is 2. The van der Waals surface area contributed by atoms with Crippen LogP contribution in [-0.4, -0.2) is 68.1 Å². The van der Waals surface area contributed by atoms with Crippen molar-refractivity contribution in [1.82, 2.24) is 9.80 Å². The number of anilines is 1. The summed E-state index contributed by atoms with van der Waals surface area (Å²) in [6.07, 6.45) is 4.87. The van der Waals surface area contributed by atoms with Crippen molar-refractivity contribution in [3.05, 3.63) is 18.2 Å². The van der Waals surface area contributed by atoms with E-state index in [4.69, 9.17) is 9.47 Å². The Hall–Kier alpha value is -2.44. The minimum Gasteiger partial charge on any atom is -0.493 e. The molecule has 2 heterocycles. The molecule has 1 atom stereocenters. The third kappa shape index (κ3) is 5.09. The van der Waals surface area contributed by atoms with Crippen molar-refractivity contribution in [1.29, 1.82) is 0 Å². The minimum atomic E-state index is 0.186. The number of rotatable bonds is 8. The molecule has 2 fully saturated rings. The Morgan fingerprint density at radius 1 is 1.18 bits per heavy atom. The van der Waals surface area contributed by atoms with Crippen molar-refractivity contribution >= 4 is 17.5 Å². The van der Waals surface area contributed by atoms with Crippen LogP contribution in [0.3, 0.4) is 0 Å². The Bertz CT molecular complexity index is 694. The molecule has 28 heavy (non-hydrogen) atoms. The molecule has 1 aromatic carbocycles. The predicted octanol–water partition coefficient (Wildman–Crippen LogP) is 2.51. The lowest BCUT2D eigenvalue weighted by Crippen LogP contribution is -2.45. The van der Waals surface area contributed by atoms with Gasteiger partial charge in [-0.25, -0.2) is 0 Å². The van der Waals surface area contributed by atoms with E-state index in [-0.39, 0.29) is 17.9 Å². The molecule has 154 valence electrons. The third-order valence-corrected chi connectivity index (χ3v) is 5.52. The highest BCUT2D eigenvalue weighted by Gasteiger charge is 2.24. The van der Waals surface area contributed by atoms with Crippen LogP contribution in [0.2, 0.25) is 0 Å². The molecule has 0 saturated carbocycles. The molecule has 0 unspecified atom stereocenters. The van der Waals surface area contributed by atoms with Crippen molar-refractivity contribution in [2.24, 2.45) is 0 Å². The SMILES string of the molecule is COc1ccc(N[C@@H]2CCCN(C(=O)CCCN3CCCC3=O)C2)cc1OC. The van der Waals surface area contributed by atoms with Crippen LogP contribution in [0.1, 0.15) is 38.5 Å². The number of nitrogens with one attached hydrogen (secondary N) is 1. The second-order valence-corrected chi connectivity index (χ2v) is 7.48. The Labute approximate surface area is 167 Å². The number of hydrogen-bond donors (Lipinski definition) is 1. The summed E-state index contributed by atoms with van der Waals surface area (Å²) in [7, 11) is 3.24. The van der Waals surface area contributed by atoms with Gasteiger partial charge in [0.1, 0.15) is 0 Å². The van der Waals surface area contributed by atoms with Gasteiger partial charge in [-0.05, 0) is 37.8 Å². The van der Waals surface area contributed by atoms with Crippen molar-refractivity contribution < 1.29 is 19.1 Å². The van der Waals surface area contributed by atoms with Crippen molar-refractivity contribution in [2.75, 3.05) is 45.7 Å². The van der Waals surface area contributed by atoms with E-state index >= 15 is 0 Å². The third-order valence-electron chi connectivity index (χ3n) is 5.52. The highest BCUT2D eigenvalue weighted by molar-refractivity contribution is 5.78. The number of likely N-dealkylation sites (tertiary alicyclic amines) is 2. The summed E-state index contributed by atoms with van der Waals surface area (Å²) in [6, 6.07) is 5.99. The number of piperidine rings is 1. The van der Waals surface area contributed by atoms with E-state index in [1.54, 1.807) is 14.2 Å². The lowest BCUT2D eigenvalue weighted by atomic mass is 10.0. The van der Waals surface area contributed by atoms with E-state index in [1.807, 2.05) is 28.0 Å². The molecule has 0 radical (unpaired) electrons. The average Bonchev–Trinajstić information content (AvgIpc) is 3.12. The highest BCUT2D eigenvalue weighted by Crippen LogP contribution is 2.30. The van der Waals surface area contributed by atoms with Gasteiger partial charge in [-0.3, -0.25) is 9.59 Å². The summed E-state index contributed by atoms with van der Waals surface area (Å²) in [5, 5.41) is 3.52. The van der Waals surface area contributed by atoms with Gasteiger partial charge in [-0.1, -0.05) is 0 Å². The lowest BCUT2D eigenvalue weighted by molar-refractivity contribution is -0.133. The molecule has 0 bridgehead atoms. The maximum atomic E-state index is 12.6. The zero-order chi connectivity index (χ0) is 19.9. The smallest absolute Gasteiger partial charge is 0.222 e. The van der Waals surface area contributed by atoms with Gasteiger partial charge in [0.2, 0.25) is 11.8 Å². The van der Waals surface area contributed by atoms with Gasteiger partial charge in [0.05, 0.1) is 14.2 Å². The molecule has 0 spiro atoms. The first kappa shape index (κ1) is 20.3. The van der Waals surface area contributed by atoms with Crippen molar-refractivity contribution in [3.63, 3.8) is 0 Å². The number of hydrogen-bond acceptors (Lipinski definition) is 5. The molecule has 3 rings (SSSR count). The van der Waals surface area contributed by atoms with Gasteiger partial charge >= 0.3 is 0 Å². The fourth-order valence-corrected chi connectivity index (χ4v) is 4.00. The molecular formula is C21H31N3O4. The zero-order valence-electron chi connectivity index (χ0n) is 16.9. The lowest BCUT2D eigenvalue weighted by Gasteiger charge is -2.34. The predicted molar refractivity (Wildman–Crippen MR) is 108 cm³/mol. The molecule has 2 aliphatic rings. The second-order valence-electron chi connectivity index (χ2n) is 7.48. The Morgan fingerprint density at radius 2 is 2.00 bits per heavy atom. The Kier molecular flexibility index (Phi) is 7.01. The number of ether oxygens (including phenoxy) is 2. The summed E-state index contributed by atoms with van der Waals surface area (Å²) < 4.78 is 10.6. The number of carbonyl (C=O) groups excluding carboxylic acids is 2. The molecule has 2 amide bonds. The monoisotopic (exact) mass is 389 g/mol. The van der Waals surface area contributed by atoms with Crippen LogP contribution in [0.5, 0.6) is 11.5 Å². The maximum Gasteiger partial charge on any atom is 0.222 e. The standard InChI is InChI=1S/C21H31N3O4/c1-27-18-10-9-16(14-19(18)28-2)22-17-6-3-13-24(15-17)21(26)8-5-12-23-11-4-7-20(23)25/h9-10,14,17,22H,3-8,11-13,15H2,1-2H3/t17-/m1/s1. The molecule has 2 aliphatic heterocycles. The fourth-order valence-electron chi connectivity index (χ4n) is 4.00. The maximum absolute atomic E-state index is 12.6. The van der Waals surface area contributed by atoms with Crippen molar-refractivity contribution in [2.45, 2.75) is 44.6 Å². The van der Waals surface area contributed by atoms with Crippen LogP contribution in [0.4, 0.5) is 5.69 Å². The van der Waals surface area contributed by atoms with E-state index in [9.17, 15) is 9.59 Å². The van der Waals surface area contributed by atoms with Crippen LogP contribution in [-0.2, 0) is 9.59 Å². The zero-order valence-corrected chi connectivity index (χ0v) is 16.9. The second kappa shape index (κ2) is 9.66. The van der Waals surface area contributed by atoms with Gasteiger partial charge in [0.15, 0.2) is 11.5 Å². The summed E-state index contributed by atoms with van der Waals surface area (Å²) in [5.74, 6) is 1.80. The quantitative estimate of drug-likeness (QED) is 0.740. The van der Waals surface area contributed by atoms with E-state index in [2.05, 4.69) is 5.32 Å². The minimum absolute atomic E-state index is 0.186. The first-order valence-corrected chi connectivity index (χ1v) is 10.1. The summed E-state index contributed by atoms with van der Waals surface area (Å²) in [6.45, 7) is 3.06. The van der Waals surface area contributed by atoms with Crippen LogP contribution in [0.15, 0.2) is 18.2 Å². The molecule has 0 aromatic heterocycles. The van der Waals surface area contributed by atoms with E-state index in [0.29, 0.717) is 37.4 Å². The number of nitrogens with zero attached hydrogens (tertiary/aromatic N) is 2. The first-order valence-electron chi connectivity index (χ1n) is 10.1. The summed E-state index contributed by atoms with van der Waals surface area (Å²) in [5.41, 5.74) is 0.962. The van der Waals surface area contributed by atoms with Crippen LogP contribution >= 0.6 is 0 Å². The van der Waals surface area contributed by atoms with Gasteiger partial charge < -0.3 is 24.6 Å². The molecular weight excluding hydrogens is 358 g/mol. The van der Waals surface area contributed by atoms with E-state index in [1.165, 1.54) is 0 Å². The highest BCUT2D eigenvalue weighted by atomic mass is 16.5. The Morgan fingerprint density at radius 3 is 2.71 bits per heavy atom. The summed E-state index contributed by atoms with van der Waals surface area (Å²) in [4.78, 5) is 28.1. The first-order chi connectivity index (χ1) is 13.6. The molecule has 1 aromatic rings. The molecule has 7 nitrogen and oxygen atoms in total. The van der Waals surface area contributed by atoms with Crippen LogP contribution in [0, 0.1) is 0 Å². The van der Waals surface area contributed by atoms with Crippen LogP contribution < -0.4 is 14.8 Å². The average molecular weight is 389 g/mol. The van der Waals surface area contributed by atoms with Gasteiger partial charge in [-0.15, -0.1) is 0 Å². The number of benzene rings is 1. The van der Waals surface area contributed by atoms with Gasteiger partial charge in [-0.2, -0.15) is 0 Å². The van der Waals surface area contributed by atoms with Gasteiger partial charge in [0.25, 0.3) is 0 Å². The number of carbonyl (C=O) groups is 2. The van der Waals surface area contributed by atoms with E-state index in [0.717, 1.165) is 44.5 Å².